The van der Waals surface area contributed by atoms with Crippen molar-refractivity contribution in [3.05, 3.63) is 29.8 Å². The quantitative estimate of drug-likeness (QED) is 0.721. The van der Waals surface area contributed by atoms with Gasteiger partial charge in [0.25, 0.3) is 0 Å². The van der Waals surface area contributed by atoms with E-state index in [1.807, 2.05) is 0 Å². The molecule has 4 heteroatoms. The van der Waals surface area contributed by atoms with Gasteiger partial charge in [-0.15, -0.1) is 0 Å². The van der Waals surface area contributed by atoms with Crippen molar-refractivity contribution in [2.75, 3.05) is 66.0 Å². The van der Waals surface area contributed by atoms with Gasteiger partial charge >= 0.3 is 0 Å². The van der Waals surface area contributed by atoms with Crippen LogP contribution in [0.5, 0.6) is 5.75 Å². The summed E-state index contributed by atoms with van der Waals surface area (Å²) >= 11 is 0. The Morgan fingerprint density at radius 3 is 2.36 bits per heavy atom. The lowest BCUT2D eigenvalue weighted by atomic mass is 10.1. The molecule has 2 aliphatic rings. The first-order valence-electron chi connectivity index (χ1n) is 10.2. The maximum Gasteiger partial charge on any atom is 0.122 e. The Balaban J connectivity index is 1.39. The van der Waals surface area contributed by atoms with Gasteiger partial charge in [0.15, 0.2) is 0 Å². The highest BCUT2D eigenvalue weighted by Crippen LogP contribution is 2.20. The van der Waals surface area contributed by atoms with Gasteiger partial charge in [-0.3, -0.25) is 4.90 Å². The number of hydrogen-bond donors (Lipinski definition) is 0. The molecule has 25 heavy (non-hydrogen) atoms. The van der Waals surface area contributed by atoms with Gasteiger partial charge in [0.1, 0.15) is 12.4 Å². The molecule has 0 saturated carbocycles. The van der Waals surface area contributed by atoms with Crippen LogP contribution < -0.4 is 4.74 Å². The van der Waals surface area contributed by atoms with Crippen LogP contribution in [0.25, 0.3) is 0 Å². The van der Waals surface area contributed by atoms with Crippen molar-refractivity contribution in [2.24, 2.45) is 0 Å². The van der Waals surface area contributed by atoms with E-state index in [2.05, 4.69) is 46.0 Å². The van der Waals surface area contributed by atoms with Crippen molar-refractivity contribution in [3.63, 3.8) is 0 Å². The zero-order chi connectivity index (χ0) is 17.3. The number of hydrogen-bond acceptors (Lipinski definition) is 4. The topological polar surface area (TPSA) is 19.0 Å². The molecule has 0 radical (unpaired) electrons. The van der Waals surface area contributed by atoms with Crippen molar-refractivity contribution in [1.82, 2.24) is 14.7 Å². The van der Waals surface area contributed by atoms with Crippen LogP contribution in [0, 0.1) is 0 Å². The average Bonchev–Trinajstić information content (AvgIpc) is 2.65. The number of piperidine rings is 1. The minimum atomic E-state index is 0.815. The molecule has 0 spiro atoms. The molecule has 140 valence electrons. The lowest BCUT2D eigenvalue weighted by molar-refractivity contribution is 0.153. The maximum absolute atomic E-state index is 6.13. The molecular formula is C21H35N3O. The molecular weight excluding hydrogens is 310 g/mol. The van der Waals surface area contributed by atoms with Gasteiger partial charge in [-0.1, -0.05) is 24.6 Å². The zero-order valence-corrected chi connectivity index (χ0v) is 16.0. The van der Waals surface area contributed by atoms with E-state index in [9.17, 15) is 0 Å². The molecule has 0 atom stereocenters. The summed E-state index contributed by atoms with van der Waals surface area (Å²) in [5.41, 5.74) is 1.37. The van der Waals surface area contributed by atoms with Gasteiger partial charge in [-0.25, -0.2) is 0 Å². The van der Waals surface area contributed by atoms with Crippen LogP contribution in [0.3, 0.4) is 0 Å². The fraction of sp³-hybridized carbons (Fsp3) is 0.714. The predicted molar refractivity (Wildman–Crippen MR) is 104 cm³/mol. The molecule has 1 aromatic carbocycles. The summed E-state index contributed by atoms with van der Waals surface area (Å²) in [7, 11) is 2.22. The van der Waals surface area contributed by atoms with E-state index in [-0.39, 0.29) is 0 Å². The SMILES string of the molecule is CN1CCN(CCCc2ccccc2OCCN2CCCCC2)CC1. The summed E-state index contributed by atoms with van der Waals surface area (Å²) in [6.45, 7) is 10.4. The van der Waals surface area contributed by atoms with Crippen molar-refractivity contribution < 1.29 is 4.74 Å². The van der Waals surface area contributed by atoms with Gasteiger partial charge < -0.3 is 14.5 Å². The lowest BCUT2D eigenvalue weighted by Gasteiger charge is -2.32. The van der Waals surface area contributed by atoms with E-state index >= 15 is 0 Å². The number of likely N-dealkylation sites (N-methyl/N-ethyl adjacent to an activating group) is 1. The van der Waals surface area contributed by atoms with Crippen LogP contribution in [0.15, 0.2) is 24.3 Å². The van der Waals surface area contributed by atoms with Crippen LogP contribution in [0.4, 0.5) is 0 Å². The minimum absolute atomic E-state index is 0.815. The number of aryl methyl sites for hydroxylation is 1. The van der Waals surface area contributed by atoms with Crippen molar-refractivity contribution in [1.29, 1.82) is 0 Å². The lowest BCUT2D eigenvalue weighted by Crippen LogP contribution is -2.44. The van der Waals surface area contributed by atoms with Crippen LogP contribution in [-0.2, 0) is 6.42 Å². The molecule has 0 N–H and O–H groups in total. The minimum Gasteiger partial charge on any atom is -0.492 e. The third-order valence-electron chi connectivity index (χ3n) is 5.60. The standard InChI is InChI=1S/C21H35N3O/c1-22-14-16-24(17-15-22)13-7-9-20-8-3-4-10-21(20)25-19-18-23-11-5-2-6-12-23/h3-4,8,10H,2,5-7,9,11-19H2,1H3. The molecule has 2 fully saturated rings. The smallest absolute Gasteiger partial charge is 0.122 e. The average molecular weight is 346 g/mol. The Bertz CT molecular complexity index is 494. The molecule has 0 bridgehead atoms. The van der Waals surface area contributed by atoms with E-state index in [1.165, 1.54) is 77.1 Å². The van der Waals surface area contributed by atoms with E-state index in [1.54, 1.807) is 0 Å². The molecule has 3 rings (SSSR count). The van der Waals surface area contributed by atoms with E-state index in [4.69, 9.17) is 4.74 Å². The Hall–Kier alpha value is -1.10. The van der Waals surface area contributed by atoms with Crippen molar-refractivity contribution in [2.45, 2.75) is 32.1 Å². The number of likely N-dealkylation sites (tertiary alicyclic amines) is 1. The number of piperazine rings is 1. The van der Waals surface area contributed by atoms with E-state index < -0.39 is 0 Å². The molecule has 0 unspecified atom stereocenters. The summed E-state index contributed by atoms with van der Waals surface area (Å²) in [5, 5.41) is 0. The Morgan fingerprint density at radius 2 is 1.56 bits per heavy atom. The highest BCUT2D eigenvalue weighted by molar-refractivity contribution is 5.33. The molecule has 0 aliphatic carbocycles. The van der Waals surface area contributed by atoms with Gasteiger partial charge in [0.05, 0.1) is 0 Å². The van der Waals surface area contributed by atoms with Crippen LogP contribution in [0.1, 0.15) is 31.2 Å². The van der Waals surface area contributed by atoms with E-state index in [0.717, 1.165) is 25.3 Å². The summed E-state index contributed by atoms with van der Waals surface area (Å²) in [6.07, 6.45) is 6.43. The highest BCUT2D eigenvalue weighted by atomic mass is 16.5. The number of nitrogens with zero attached hydrogens (tertiary/aromatic N) is 3. The Morgan fingerprint density at radius 1 is 0.840 bits per heavy atom. The Labute approximate surface area is 153 Å². The van der Waals surface area contributed by atoms with Crippen LogP contribution in [0.2, 0.25) is 0 Å². The monoisotopic (exact) mass is 345 g/mol. The normalized spacial score (nSPS) is 20.7. The largest absolute Gasteiger partial charge is 0.492 e. The number of benzene rings is 1. The molecule has 4 nitrogen and oxygen atoms in total. The molecule has 2 aliphatic heterocycles. The van der Waals surface area contributed by atoms with Gasteiger partial charge in [0.2, 0.25) is 0 Å². The van der Waals surface area contributed by atoms with Crippen LogP contribution in [-0.4, -0.2) is 80.7 Å². The number of para-hydroxylation sites is 1. The third kappa shape index (κ3) is 6.28. The molecule has 0 aromatic heterocycles. The summed E-state index contributed by atoms with van der Waals surface area (Å²) < 4.78 is 6.13. The fourth-order valence-electron chi connectivity index (χ4n) is 3.88. The first kappa shape index (κ1) is 18.7. The summed E-state index contributed by atoms with van der Waals surface area (Å²) in [4.78, 5) is 7.56. The van der Waals surface area contributed by atoms with Gasteiger partial charge in [-0.05, 0) is 64.0 Å². The maximum atomic E-state index is 6.13. The van der Waals surface area contributed by atoms with Crippen molar-refractivity contribution >= 4 is 0 Å². The fourth-order valence-corrected chi connectivity index (χ4v) is 3.88. The van der Waals surface area contributed by atoms with Crippen LogP contribution >= 0.6 is 0 Å². The first-order chi connectivity index (χ1) is 12.3. The summed E-state index contributed by atoms with van der Waals surface area (Å²) in [6, 6.07) is 8.62. The second-order valence-electron chi connectivity index (χ2n) is 7.61. The van der Waals surface area contributed by atoms with Gasteiger partial charge in [-0.2, -0.15) is 0 Å². The summed E-state index contributed by atoms with van der Waals surface area (Å²) in [5.74, 6) is 1.10. The van der Waals surface area contributed by atoms with Crippen molar-refractivity contribution in [3.8, 4) is 5.75 Å². The zero-order valence-electron chi connectivity index (χ0n) is 16.0. The predicted octanol–water partition coefficient (Wildman–Crippen LogP) is 2.73. The van der Waals surface area contributed by atoms with Gasteiger partial charge in [0, 0.05) is 32.7 Å². The Kier molecular flexibility index (Phi) is 7.58. The molecule has 2 saturated heterocycles. The number of rotatable bonds is 8. The second kappa shape index (κ2) is 10.1. The molecule has 2 heterocycles. The molecule has 0 amide bonds. The molecule has 1 aromatic rings. The van der Waals surface area contributed by atoms with E-state index in [0.29, 0.717) is 0 Å². The first-order valence-corrected chi connectivity index (χ1v) is 10.2. The third-order valence-corrected chi connectivity index (χ3v) is 5.60. The highest BCUT2D eigenvalue weighted by Gasteiger charge is 2.14. The second-order valence-corrected chi connectivity index (χ2v) is 7.61. The number of ether oxygens (including phenoxy) is 1.